The number of rotatable bonds is 1. The van der Waals surface area contributed by atoms with E-state index in [1.807, 2.05) is 0 Å². The van der Waals surface area contributed by atoms with Crippen molar-refractivity contribution >= 4 is 27.7 Å². The number of carbonyl (C=O) groups excluding carboxylic acids is 1. The Balaban J connectivity index is 2.95. The van der Waals surface area contributed by atoms with Crippen LogP contribution in [0.3, 0.4) is 0 Å². The van der Waals surface area contributed by atoms with Crippen LogP contribution in [0, 0.1) is 0 Å². The van der Waals surface area contributed by atoms with E-state index in [1.165, 1.54) is 6.92 Å². The van der Waals surface area contributed by atoms with Crippen LogP contribution in [0.2, 0.25) is 0 Å². The van der Waals surface area contributed by atoms with Gasteiger partial charge in [0.15, 0.2) is 5.82 Å². The third kappa shape index (κ3) is 2.02. The van der Waals surface area contributed by atoms with E-state index >= 15 is 0 Å². The van der Waals surface area contributed by atoms with E-state index < -0.39 is 0 Å². The van der Waals surface area contributed by atoms with Gasteiger partial charge in [0.2, 0.25) is 5.91 Å². The second-order valence-corrected chi connectivity index (χ2v) is 3.14. The number of halogens is 1. The van der Waals surface area contributed by atoms with Crippen LogP contribution < -0.4 is 10.9 Å². The molecule has 0 aliphatic heterocycles. The lowest BCUT2D eigenvalue weighted by Crippen LogP contribution is -2.36. The standard InChI is InChI=1S/C7H8BrN3O/c1-5(12)11(9)7-4-6(8)2-3-10-7/h2-4H,9H2,1H3. The molecule has 1 aromatic rings. The number of pyridine rings is 1. The Morgan fingerprint density at radius 1 is 1.75 bits per heavy atom. The summed E-state index contributed by atoms with van der Waals surface area (Å²) < 4.78 is 0.837. The zero-order valence-electron chi connectivity index (χ0n) is 6.49. The molecule has 5 heteroatoms. The average Bonchev–Trinajstić information content (AvgIpc) is 2.03. The quantitative estimate of drug-likeness (QED) is 0.446. The molecule has 12 heavy (non-hydrogen) atoms. The molecule has 0 saturated carbocycles. The summed E-state index contributed by atoms with van der Waals surface area (Å²) in [6, 6.07) is 3.43. The predicted molar refractivity (Wildman–Crippen MR) is 49.3 cm³/mol. The van der Waals surface area contributed by atoms with Gasteiger partial charge < -0.3 is 0 Å². The molecule has 0 bridgehead atoms. The summed E-state index contributed by atoms with van der Waals surface area (Å²) in [7, 11) is 0. The van der Waals surface area contributed by atoms with Crippen LogP contribution in [-0.4, -0.2) is 10.9 Å². The number of amides is 1. The van der Waals surface area contributed by atoms with Crippen LogP contribution in [0.1, 0.15) is 6.92 Å². The van der Waals surface area contributed by atoms with Gasteiger partial charge in [0.25, 0.3) is 0 Å². The van der Waals surface area contributed by atoms with Gasteiger partial charge in [0.1, 0.15) is 0 Å². The molecule has 0 fully saturated rings. The Kier molecular flexibility index (Phi) is 2.78. The van der Waals surface area contributed by atoms with Crippen LogP contribution in [-0.2, 0) is 4.79 Å². The van der Waals surface area contributed by atoms with Crippen molar-refractivity contribution in [1.82, 2.24) is 4.98 Å². The molecule has 1 aromatic heterocycles. The van der Waals surface area contributed by atoms with E-state index in [4.69, 9.17) is 5.84 Å². The number of hydrogen-bond donors (Lipinski definition) is 1. The molecule has 0 radical (unpaired) electrons. The predicted octanol–water partition coefficient (Wildman–Crippen LogP) is 1.07. The minimum atomic E-state index is -0.249. The molecule has 4 nitrogen and oxygen atoms in total. The highest BCUT2D eigenvalue weighted by atomic mass is 79.9. The van der Waals surface area contributed by atoms with Crippen LogP contribution in [0.25, 0.3) is 0 Å². The number of aromatic nitrogens is 1. The highest BCUT2D eigenvalue weighted by Gasteiger charge is 2.06. The summed E-state index contributed by atoms with van der Waals surface area (Å²) in [5.74, 6) is 5.59. The van der Waals surface area contributed by atoms with Crippen molar-refractivity contribution in [2.45, 2.75) is 6.92 Å². The number of hydrogen-bond acceptors (Lipinski definition) is 3. The van der Waals surface area contributed by atoms with Crippen molar-refractivity contribution in [1.29, 1.82) is 0 Å². The van der Waals surface area contributed by atoms with Crippen molar-refractivity contribution in [3.8, 4) is 0 Å². The van der Waals surface area contributed by atoms with Gasteiger partial charge in [0, 0.05) is 17.6 Å². The summed E-state index contributed by atoms with van der Waals surface area (Å²) in [4.78, 5) is 14.7. The normalized spacial score (nSPS) is 9.58. The maximum absolute atomic E-state index is 10.8. The molecular weight excluding hydrogens is 222 g/mol. The zero-order chi connectivity index (χ0) is 9.14. The Bertz CT molecular complexity index is 302. The molecule has 0 aliphatic rings. The van der Waals surface area contributed by atoms with E-state index in [9.17, 15) is 4.79 Å². The smallest absolute Gasteiger partial charge is 0.239 e. The third-order valence-electron chi connectivity index (χ3n) is 1.29. The van der Waals surface area contributed by atoms with Gasteiger partial charge in [-0.15, -0.1) is 0 Å². The molecule has 64 valence electrons. The number of anilines is 1. The van der Waals surface area contributed by atoms with Gasteiger partial charge in [-0.1, -0.05) is 15.9 Å². The van der Waals surface area contributed by atoms with Crippen LogP contribution in [0.15, 0.2) is 22.8 Å². The molecule has 0 aromatic carbocycles. The monoisotopic (exact) mass is 229 g/mol. The SMILES string of the molecule is CC(=O)N(N)c1cc(Br)ccn1. The van der Waals surface area contributed by atoms with Gasteiger partial charge in [-0.2, -0.15) is 0 Å². The summed E-state index contributed by atoms with van der Waals surface area (Å²) in [6.07, 6.45) is 1.57. The van der Waals surface area contributed by atoms with E-state index in [-0.39, 0.29) is 5.91 Å². The molecule has 1 amide bonds. The summed E-state index contributed by atoms with van der Waals surface area (Å²) in [5, 5.41) is 0.991. The van der Waals surface area contributed by atoms with E-state index in [0.29, 0.717) is 5.82 Å². The van der Waals surface area contributed by atoms with Gasteiger partial charge in [0.05, 0.1) is 0 Å². The first-order valence-electron chi connectivity index (χ1n) is 3.28. The minimum Gasteiger partial charge on any atom is -0.273 e. The average molecular weight is 230 g/mol. The van der Waals surface area contributed by atoms with Gasteiger partial charge in [-0.05, 0) is 12.1 Å². The molecule has 0 unspecified atom stereocenters. The minimum absolute atomic E-state index is 0.249. The highest BCUT2D eigenvalue weighted by Crippen LogP contribution is 2.14. The molecule has 0 spiro atoms. The van der Waals surface area contributed by atoms with Crippen LogP contribution in [0.4, 0.5) is 5.82 Å². The molecule has 0 atom stereocenters. The van der Waals surface area contributed by atoms with Crippen molar-refractivity contribution in [2.75, 3.05) is 5.01 Å². The summed E-state index contributed by atoms with van der Waals surface area (Å²) in [5.41, 5.74) is 0. The fraction of sp³-hybridized carbons (Fsp3) is 0.143. The van der Waals surface area contributed by atoms with Crippen molar-refractivity contribution < 1.29 is 4.79 Å². The largest absolute Gasteiger partial charge is 0.273 e. The lowest BCUT2D eigenvalue weighted by atomic mass is 10.4. The van der Waals surface area contributed by atoms with Gasteiger partial charge >= 0.3 is 0 Å². The Hall–Kier alpha value is -0.940. The maximum Gasteiger partial charge on any atom is 0.239 e. The second kappa shape index (κ2) is 3.64. The molecule has 1 rings (SSSR count). The first-order valence-corrected chi connectivity index (χ1v) is 4.07. The molecular formula is C7H8BrN3O. The molecule has 0 saturated heterocycles. The van der Waals surface area contributed by atoms with Crippen LogP contribution in [0.5, 0.6) is 0 Å². The Labute approximate surface area is 78.5 Å². The summed E-state index contributed by atoms with van der Waals surface area (Å²) >= 11 is 3.25. The third-order valence-corrected chi connectivity index (χ3v) is 1.79. The fourth-order valence-electron chi connectivity index (χ4n) is 0.687. The number of hydrazine groups is 1. The first-order chi connectivity index (χ1) is 5.61. The molecule has 2 N–H and O–H groups in total. The lowest BCUT2D eigenvalue weighted by molar-refractivity contribution is -0.116. The van der Waals surface area contributed by atoms with Gasteiger partial charge in [-0.25, -0.2) is 15.8 Å². The Morgan fingerprint density at radius 3 is 2.92 bits per heavy atom. The first kappa shape index (κ1) is 9.15. The van der Waals surface area contributed by atoms with Crippen molar-refractivity contribution in [3.05, 3.63) is 22.8 Å². The number of nitrogens with two attached hydrogens (primary N) is 1. The van der Waals surface area contributed by atoms with E-state index in [2.05, 4.69) is 20.9 Å². The number of carbonyl (C=O) groups is 1. The van der Waals surface area contributed by atoms with Gasteiger partial charge in [-0.3, -0.25) is 4.79 Å². The lowest BCUT2D eigenvalue weighted by Gasteiger charge is -2.12. The Morgan fingerprint density at radius 2 is 2.42 bits per heavy atom. The fourth-order valence-corrected chi connectivity index (χ4v) is 1.01. The topological polar surface area (TPSA) is 59.2 Å². The zero-order valence-corrected chi connectivity index (χ0v) is 8.08. The van der Waals surface area contributed by atoms with Crippen LogP contribution >= 0.6 is 15.9 Å². The second-order valence-electron chi connectivity index (χ2n) is 2.22. The molecule has 1 heterocycles. The maximum atomic E-state index is 10.8. The molecule has 0 aliphatic carbocycles. The van der Waals surface area contributed by atoms with E-state index in [0.717, 1.165) is 9.48 Å². The van der Waals surface area contributed by atoms with E-state index in [1.54, 1.807) is 18.3 Å². The highest BCUT2D eigenvalue weighted by molar-refractivity contribution is 9.10. The summed E-state index contributed by atoms with van der Waals surface area (Å²) in [6.45, 7) is 1.38. The number of nitrogens with zero attached hydrogens (tertiary/aromatic N) is 2. The van der Waals surface area contributed by atoms with Crippen molar-refractivity contribution in [3.63, 3.8) is 0 Å². The van der Waals surface area contributed by atoms with Crippen molar-refractivity contribution in [2.24, 2.45) is 5.84 Å².